The monoisotopic (exact) mass is 456 g/mol. The molecule has 0 aliphatic heterocycles. The van der Waals surface area contributed by atoms with Gasteiger partial charge in [0, 0.05) is 18.7 Å². The quantitative estimate of drug-likeness (QED) is 0.391. The second-order valence-electron chi connectivity index (χ2n) is 8.60. The third-order valence-electron chi connectivity index (χ3n) is 6.15. The van der Waals surface area contributed by atoms with Crippen LogP contribution < -0.4 is 16.0 Å². The van der Waals surface area contributed by atoms with Gasteiger partial charge in [-0.2, -0.15) is 0 Å². The third-order valence-corrected chi connectivity index (χ3v) is 6.15. The van der Waals surface area contributed by atoms with E-state index in [1.807, 2.05) is 60.0 Å². The van der Waals surface area contributed by atoms with Gasteiger partial charge in [0.1, 0.15) is 17.4 Å². The predicted octanol–water partition coefficient (Wildman–Crippen LogP) is 3.14. The Labute approximate surface area is 194 Å². The van der Waals surface area contributed by atoms with Gasteiger partial charge in [0.2, 0.25) is 0 Å². The number of nitrogens with zero attached hydrogens (tertiary/aromatic N) is 4. The number of fused-ring (bicyclic) bond motifs is 2. The molecule has 172 valence electrons. The average Bonchev–Trinajstić information content (AvgIpc) is 3.48. The van der Waals surface area contributed by atoms with Crippen LogP contribution in [0.2, 0.25) is 0 Å². The second kappa shape index (κ2) is 8.02. The predicted molar refractivity (Wildman–Crippen MR) is 128 cm³/mol. The summed E-state index contributed by atoms with van der Waals surface area (Å²) in [5.74, 6) is 2.18. The van der Waals surface area contributed by atoms with Crippen molar-refractivity contribution in [3.8, 4) is 5.75 Å². The summed E-state index contributed by atoms with van der Waals surface area (Å²) < 4.78 is 9.14. The summed E-state index contributed by atoms with van der Waals surface area (Å²) in [7, 11) is 0. The lowest BCUT2D eigenvalue weighted by Crippen LogP contribution is -2.30. The number of H-pyrrole nitrogens is 2. The fraction of sp³-hybridized carbons (Fsp3) is 0.280. The van der Waals surface area contributed by atoms with Gasteiger partial charge in [0.15, 0.2) is 11.2 Å². The van der Waals surface area contributed by atoms with E-state index in [9.17, 15) is 9.59 Å². The number of ether oxygens (including phenoxy) is 1. The summed E-state index contributed by atoms with van der Waals surface area (Å²) in [5.41, 5.74) is 2.78. The molecule has 2 N–H and O–H groups in total. The first-order valence-electron chi connectivity index (χ1n) is 11.5. The Morgan fingerprint density at radius 1 is 1.06 bits per heavy atom. The molecule has 5 aromatic rings. The maximum atomic E-state index is 12.9. The van der Waals surface area contributed by atoms with Gasteiger partial charge < -0.3 is 14.3 Å². The van der Waals surface area contributed by atoms with Crippen LogP contribution in [0.1, 0.15) is 43.0 Å². The van der Waals surface area contributed by atoms with Crippen LogP contribution in [0, 0.1) is 0 Å². The molecule has 3 aromatic heterocycles. The van der Waals surface area contributed by atoms with E-state index in [1.165, 1.54) is 0 Å². The minimum atomic E-state index is -0.419. The molecule has 9 heteroatoms. The molecular weight excluding hydrogens is 432 g/mol. The Hall–Kier alpha value is -4.14. The lowest BCUT2D eigenvalue weighted by molar-refractivity contribution is 0.340. The Balaban J connectivity index is 1.49. The van der Waals surface area contributed by atoms with Crippen molar-refractivity contribution >= 4 is 22.2 Å². The molecule has 1 aliphatic carbocycles. The summed E-state index contributed by atoms with van der Waals surface area (Å²) in [6.45, 7) is 3.00. The molecule has 0 amide bonds. The van der Waals surface area contributed by atoms with Gasteiger partial charge in [-0.15, -0.1) is 0 Å². The Morgan fingerprint density at radius 2 is 1.88 bits per heavy atom. The highest BCUT2D eigenvalue weighted by Crippen LogP contribution is 2.35. The molecule has 0 bridgehead atoms. The van der Waals surface area contributed by atoms with Gasteiger partial charge in [0.05, 0.1) is 24.1 Å². The van der Waals surface area contributed by atoms with E-state index in [0.717, 1.165) is 41.0 Å². The molecular formula is C25H24N6O3. The third kappa shape index (κ3) is 3.59. The van der Waals surface area contributed by atoms with Gasteiger partial charge >= 0.3 is 5.69 Å². The van der Waals surface area contributed by atoms with Crippen LogP contribution in [0.5, 0.6) is 5.75 Å². The van der Waals surface area contributed by atoms with Crippen LogP contribution >= 0.6 is 0 Å². The normalized spacial score (nSPS) is 13.7. The van der Waals surface area contributed by atoms with Crippen LogP contribution in [0.15, 0.2) is 58.1 Å². The van der Waals surface area contributed by atoms with E-state index in [4.69, 9.17) is 14.7 Å². The highest BCUT2D eigenvalue weighted by Gasteiger charge is 2.30. The van der Waals surface area contributed by atoms with Crippen molar-refractivity contribution in [2.45, 2.75) is 38.8 Å². The first-order valence-corrected chi connectivity index (χ1v) is 11.5. The SMILES string of the molecule is CCOc1ccc2nc(Cc3nc4c(c(=O)[nH]c(=O)n4C4CC4)n3Cc3ccccc3)[nH]c2c1. The molecule has 0 radical (unpaired) electrons. The number of nitrogens with one attached hydrogen (secondary N) is 2. The molecule has 1 saturated carbocycles. The van der Waals surface area contributed by atoms with Gasteiger partial charge in [-0.1, -0.05) is 30.3 Å². The zero-order chi connectivity index (χ0) is 23.2. The smallest absolute Gasteiger partial charge is 0.330 e. The molecule has 3 heterocycles. The van der Waals surface area contributed by atoms with Crippen LogP contribution in [0.4, 0.5) is 0 Å². The van der Waals surface area contributed by atoms with Crippen molar-refractivity contribution in [1.82, 2.24) is 29.1 Å². The average molecular weight is 457 g/mol. The van der Waals surface area contributed by atoms with E-state index in [2.05, 4.69) is 9.97 Å². The number of aromatic nitrogens is 6. The summed E-state index contributed by atoms with van der Waals surface area (Å²) in [4.78, 5) is 40.9. The van der Waals surface area contributed by atoms with Gasteiger partial charge in [-0.05, 0) is 37.5 Å². The van der Waals surface area contributed by atoms with E-state index in [0.29, 0.717) is 36.6 Å². The van der Waals surface area contributed by atoms with Crippen molar-refractivity contribution < 1.29 is 4.74 Å². The molecule has 6 rings (SSSR count). The number of imidazole rings is 2. The number of aromatic amines is 2. The highest BCUT2D eigenvalue weighted by atomic mass is 16.5. The maximum Gasteiger partial charge on any atom is 0.330 e. The Morgan fingerprint density at radius 3 is 2.65 bits per heavy atom. The summed E-state index contributed by atoms with van der Waals surface area (Å²) in [6, 6.07) is 15.7. The van der Waals surface area contributed by atoms with Crippen LogP contribution in [0.25, 0.3) is 22.2 Å². The van der Waals surface area contributed by atoms with Crippen LogP contribution in [0.3, 0.4) is 0 Å². The molecule has 34 heavy (non-hydrogen) atoms. The van der Waals surface area contributed by atoms with Gasteiger partial charge in [-0.3, -0.25) is 14.3 Å². The van der Waals surface area contributed by atoms with Crippen molar-refractivity contribution in [2.24, 2.45) is 0 Å². The molecule has 9 nitrogen and oxygen atoms in total. The standard InChI is InChI=1S/C25H24N6O3/c1-2-34-17-10-11-18-19(12-17)27-20(26-18)13-21-28-23-22(30(21)14-15-6-4-3-5-7-15)24(32)29-25(33)31(23)16-8-9-16/h3-7,10-12,16H,2,8-9,13-14H2,1H3,(H,26,27)(H,29,32,33). The molecule has 1 aliphatic rings. The molecule has 2 aromatic carbocycles. The Bertz CT molecular complexity index is 1620. The maximum absolute atomic E-state index is 12.9. The molecule has 0 atom stereocenters. The van der Waals surface area contributed by atoms with Gasteiger partial charge in [0.25, 0.3) is 5.56 Å². The van der Waals surface area contributed by atoms with E-state index in [-0.39, 0.29) is 6.04 Å². The highest BCUT2D eigenvalue weighted by molar-refractivity contribution is 5.77. The zero-order valence-corrected chi connectivity index (χ0v) is 18.7. The van der Waals surface area contributed by atoms with E-state index < -0.39 is 11.2 Å². The summed E-state index contributed by atoms with van der Waals surface area (Å²) in [6.07, 6.45) is 2.21. The number of hydrogen-bond acceptors (Lipinski definition) is 5. The largest absolute Gasteiger partial charge is 0.494 e. The number of hydrogen-bond donors (Lipinski definition) is 2. The topological polar surface area (TPSA) is 111 Å². The van der Waals surface area contributed by atoms with Crippen molar-refractivity contribution in [3.63, 3.8) is 0 Å². The van der Waals surface area contributed by atoms with Crippen LogP contribution in [-0.2, 0) is 13.0 Å². The lowest BCUT2D eigenvalue weighted by Gasteiger charge is -2.09. The zero-order valence-electron chi connectivity index (χ0n) is 18.7. The number of benzene rings is 2. The fourth-order valence-corrected chi connectivity index (χ4v) is 4.46. The first kappa shape index (κ1) is 20.5. The summed E-state index contributed by atoms with van der Waals surface area (Å²) >= 11 is 0. The van der Waals surface area contributed by atoms with Crippen molar-refractivity contribution in [2.75, 3.05) is 6.61 Å². The molecule has 0 spiro atoms. The van der Waals surface area contributed by atoms with E-state index >= 15 is 0 Å². The minimum absolute atomic E-state index is 0.0861. The lowest BCUT2D eigenvalue weighted by atomic mass is 10.2. The Kier molecular flexibility index (Phi) is 4.83. The van der Waals surface area contributed by atoms with E-state index in [1.54, 1.807) is 4.57 Å². The summed E-state index contributed by atoms with van der Waals surface area (Å²) in [5, 5.41) is 0. The molecule has 1 fully saturated rings. The number of rotatable bonds is 7. The van der Waals surface area contributed by atoms with Crippen molar-refractivity contribution in [1.29, 1.82) is 0 Å². The minimum Gasteiger partial charge on any atom is -0.494 e. The first-order chi connectivity index (χ1) is 16.6. The van der Waals surface area contributed by atoms with Gasteiger partial charge in [-0.25, -0.2) is 14.8 Å². The second-order valence-corrected chi connectivity index (χ2v) is 8.60. The fourth-order valence-electron chi connectivity index (χ4n) is 4.46. The molecule has 0 saturated heterocycles. The molecule has 0 unspecified atom stereocenters. The van der Waals surface area contributed by atoms with Crippen LogP contribution in [-0.4, -0.2) is 35.7 Å². The van der Waals surface area contributed by atoms with Crippen molar-refractivity contribution in [3.05, 3.63) is 86.6 Å².